The van der Waals surface area contributed by atoms with Crippen LogP contribution in [-0.2, 0) is 6.42 Å². The van der Waals surface area contributed by atoms with Gasteiger partial charge in [0.15, 0.2) is 0 Å². The van der Waals surface area contributed by atoms with Crippen LogP contribution in [0, 0.1) is 0 Å². The van der Waals surface area contributed by atoms with Crippen LogP contribution < -0.4 is 10.2 Å². The van der Waals surface area contributed by atoms with Crippen molar-refractivity contribution in [1.29, 1.82) is 0 Å². The number of nitrogens with one attached hydrogen (secondary N) is 1. The Morgan fingerprint density at radius 3 is 2.39 bits per heavy atom. The van der Waals surface area contributed by atoms with Crippen molar-refractivity contribution in [3.8, 4) is 0 Å². The lowest BCUT2D eigenvalue weighted by Crippen LogP contribution is -2.12. The minimum Gasteiger partial charge on any atom is -0.329 e. The molecular formula is C19H20N4. The van der Waals surface area contributed by atoms with Crippen LogP contribution in [0.15, 0.2) is 66.9 Å². The maximum absolute atomic E-state index is 4.59. The summed E-state index contributed by atoms with van der Waals surface area (Å²) >= 11 is 0. The van der Waals surface area contributed by atoms with Gasteiger partial charge in [0.2, 0.25) is 5.95 Å². The molecule has 2 aromatic carbocycles. The van der Waals surface area contributed by atoms with Gasteiger partial charge in [-0.3, -0.25) is 0 Å². The molecule has 0 unspecified atom stereocenters. The Morgan fingerprint density at radius 1 is 0.957 bits per heavy atom. The van der Waals surface area contributed by atoms with E-state index in [2.05, 4.69) is 58.6 Å². The van der Waals surface area contributed by atoms with Crippen molar-refractivity contribution >= 4 is 23.1 Å². The van der Waals surface area contributed by atoms with E-state index in [1.54, 1.807) is 6.20 Å². The van der Waals surface area contributed by atoms with Gasteiger partial charge in [0.05, 0.1) is 0 Å². The fourth-order valence-corrected chi connectivity index (χ4v) is 2.33. The average Bonchev–Trinajstić information content (AvgIpc) is 2.63. The Hall–Kier alpha value is -2.88. The summed E-state index contributed by atoms with van der Waals surface area (Å²) in [6.07, 6.45) is 2.80. The molecule has 4 nitrogen and oxygen atoms in total. The highest BCUT2D eigenvalue weighted by Gasteiger charge is 2.06. The summed E-state index contributed by atoms with van der Waals surface area (Å²) in [4.78, 5) is 10.9. The first kappa shape index (κ1) is 15.0. The highest BCUT2D eigenvalue weighted by Crippen LogP contribution is 2.22. The molecule has 3 rings (SSSR count). The van der Waals surface area contributed by atoms with Crippen LogP contribution in [0.3, 0.4) is 0 Å². The molecule has 0 aliphatic heterocycles. The van der Waals surface area contributed by atoms with Gasteiger partial charge in [-0.15, -0.1) is 0 Å². The van der Waals surface area contributed by atoms with Crippen LogP contribution >= 0.6 is 0 Å². The van der Waals surface area contributed by atoms with Crippen LogP contribution in [-0.4, -0.2) is 17.0 Å². The van der Waals surface area contributed by atoms with Crippen LogP contribution in [0.25, 0.3) is 0 Å². The Morgan fingerprint density at radius 2 is 1.70 bits per heavy atom. The zero-order valence-electron chi connectivity index (χ0n) is 13.4. The SMILES string of the molecule is CCc1ccc(Nc2nccc(N(C)c3ccccc3)n2)cc1. The molecule has 0 radical (unpaired) electrons. The Kier molecular flexibility index (Phi) is 4.52. The summed E-state index contributed by atoms with van der Waals surface area (Å²) in [5.74, 6) is 1.44. The van der Waals surface area contributed by atoms with Gasteiger partial charge in [-0.2, -0.15) is 4.98 Å². The molecule has 0 amide bonds. The van der Waals surface area contributed by atoms with E-state index in [0.717, 1.165) is 23.6 Å². The van der Waals surface area contributed by atoms with Crippen LogP contribution in [0.1, 0.15) is 12.5 Å². The summed E-state index contributed by atoms with van der Waals surface area (Å²) in [6, 6.07) is 20.4. The smallest absolute Gasteiger partial charge is 0.229 e. The lowest BCUT2D eigenvalue weighted by Gasteiger charge is -2.18. The number of hydrogen-bond acceptors (Lipinski definition) is 4. The molecule has 0 aliphatic rings. The first-order chi connectivity index (χ1) is 11.3. The number of anilines is 4. The van der Waals surface area contributed by atoms with Crippen molar-refractivity contribution in [2.24, 2.45) is 0 Å². The molecule has 0 spiro atoms. The Balaban J connectivity index is 1.79. The Bertz CT molecular complexity index is 754. The van der Waals surface area contributed by atoms with Gasteiger partial charge < -0.3 is 10.2 Å². The summed E-state index contributed by atoms with van der Waals surface area (Å²) in [5.41, 5.74) is 3.39. The van der Waals surface area contributed by atoms with Crippen LogP contribution in [0.2, 0.25) is 0 Å². The third kappa shape index (κ3) is 3.66. The van der Waals surface area contributed by atoms with Crippen LogP contribution in [0.5, 0.6) is 0 Å². The van der Waals surface area contributed by atoms with Crippen molar-refractivity contribution in [3.63, 3.8) is 0 Å². The number of nitrogens with zero attached hydrogens (tertiary/aromatic N) is 3. The molecule has 3 aromatic rings. The maximum Gasteiger partial charge on any atom is 0.229 e. The Labute approximate surface area is 136 Å². The normalized spacial score (nSPS) is 10.3. The van der Waals surface area contributed by atoms with Crippen molar-refractivity contribution in [3.05, 3.63) is 72.4 Å². The van der Waals surface area contributed by atoms with Gasteiger partial charge in [-0.25, -0.2) is 4.98 Å². The number of benzene rings is 2. The molecule has 1 aromatic heterocycles. The van der Waals surface area contributed by atoms with E-state index in [4.69, 9.17) is 0 Å². The van der Waals surface area contributed by atoms with Gasteiger partial charge in [-0.05, 0) is 42.3 Å². The molecule has 0 aliphatic carbocycles. The minimum absolute atomic E-state index is 0.592. The van der Waals surface area contributed by atoms with Gasteiger partial charge in [-0.1, -0.05) is 37.3 Å². The highest BCUT2D eigenvalue weighted by atomic mass is 15.2. The second kappa shape index (κ2) is 6.92. The van der Waals surface area contributed by atoms with E-state index in [-0.39, 0.29) is 0 Å². The van der Waals surface area contributed by atoms with Crippen molar-refractivity contribution in [1.82, 2.24) is 9.97 Å². The average molecular weight is 304 g/mol. The molecule has 23 heavy (non-hydrogen) atoms. The van der Waals surface area contributed by atoms with E-state index < -0.39 is 0 Å². The van der Waals surface area contributed by atoms with E-state index in [1.165, 1.54) is 5.56 Å². The number of rotatable bonds is 5. The molecule has 116 valence electrons. The number of aromatic nitrogens is 2. The molecule has 0 fully saturated rings. The molecule has 1 N–H and O–H groups in total. The molecule has 0 saturated heterocycles. The first-order valence-electron chi connectivity index (χ1n) is 7.74. The molecule has 0 atom stereocenters. The third-order valence-corrected chi connectivity index (χ3v) is 3.75. The number of hydrogen-bond donors (Lipinski definition) is 1. The van der Waals surface area contributed by atoms with Gasteiger partial charge in [0, 0.05) is 24.6 Å². The van der Waals surface area contributed by atoms with Gasteiger partial charge in [0.25, 0.3) is 0 Å². The first-order valence-corrected chi connectivity index (χ1v) is 7.74. The van der Waals surface area contributed by atoms with E-state index in [9.17, 15) is 0 Å². The monoisotopic (exact) mass is 304 g/mol. The molecule has 1 heterocycles. The van der Waals surface area contributed by atoms with E-state index in [0.29, 0.717) is 5.95 Å². The third-order valence-electron chi connectivity index (χ3n) is 3.75. The number of aryl methyl sites for hydroxylation is 1. The summed E-state index contributed by atoms with van der Waals surface area (Å²) in [5, 5.41) is 3.25. The quantitative estimate of drug-likeness (QED) is 0.750. The van der Waals surface area contributed by atoms with E-state index in [1.807, 2.05) is 36.2 Å². The fourth-order valence-electron chi connectivity index (χ4n) is 2.33. The van der Waals surface area contributed by atoms with Gasteiger partial charge >= 0.3 is 0 Å². The van der Waals surface area contributed by atoms with Crippen LogP contribution in [0.4, 0.5) is 23.1 Å². The summed E-state index contributed by atoms with van der Waals surface area (Å²) in [6.45, 7) is 2.15. The lowest BCUT2D eigenvalue weighted by atomic mass is 10.1. The predicted molar refractivity (Wildman–Crippen MR) is 95.6 cm³/mol. The summed E-state index contributed by atoms with van der Waals surface area (Å²) < 4.78 is 0. The largest absolute Gasteiger partial charge is 0.329 e. The van der Waals surface area contributed by atoms with Crippen molar-refractivity contribution in [2.75, 3.05) is 17.3 Å². The summed E-state index contributed by atoms with van der Waals surface area (Å²) in [7, 11) is 2.00. The highest BCUT2D eigenvalue weighted by molar-refractivity contribution is 5.61. The van der Waals surface area contributed by atoms with Crippen molar-refractivity contribution < 1.29 is 0 Å². The standard InChI is InChI=1S/C19H20N4/c1-3-15-9-11-16(12-10-15)21-19-20-14-13-18(22-19)23(2)17-7-5-4-6-8-17/h4-14H,3H2,1-2H3,(H,20,21,22). The molecule has 0 saturated carbocycles. The second-order valence-electron chi connectivity index (χ2n) is 5.31. The van der Waals surface area contributed by atoms with E-state index >= 15 is 0 Å². The zero-order valence-corrected chi connectivity index (χ0v) is 13.4. The second-order valence-corrected chi connectivity index (χ2v) is 5.31. The molecular weight excluding hydrogens is 284 g/mol. The fraction of sp³-hybridized carbons (Fsp3) is 0.158. The maximum atomic E-state index is 4.59. The topological polar surface area (TPSA) is 41.1 Å². The number of para-hydroxylation sites is 1. The van der Waals surface area contributed by atoms with Gasteiger partial charge in [0.1, 0.15) is 5.82 Å². The van der Waals surface area contributed by atoms with Crippen molar-refractivity contribution in [2.45, 2.75) is 13.3 Å². The lowest BCUT2D eigenvalue weighted by molar-refractivity contribution is 1.08. The minimum atomic E-state index is 0.592. The predicted octanol–water partition coefficient (Wildman–Crippen LogP) is 4.55. The zero-order chi connectivity index (χ0) is 16.1. The molecule has 4 heteroatoms. The molecule has 0 bridgehead atoms.